The molecular weight excluding hydrogens is 269 g/mol. The van der Waals surface area contributed by atoms with E-state index in [4.69, 9.17) is 5.73 Å². The van der Waals surface area contributed by atoms with Gasteiger partial charge in [0.25, 0.3) is 0 Å². The number of pyridine rings is 1. The summed E-state index contributed by atoms with van der Waals surface area (Å²) in [4.78, 5) is 7.78. The number of halogens is 3. The smallest absolute Gasteiger partial charge is 0.383 e. The Balaban J connectivity index is 1.95. The summed E-state index contributed by atoms with van der Waals surface area (Å²) >= 11 is 0. The van der Waals surface area contributed by atoms with Gasteiger partial charge in [-0.1, -0.05) is 0 Å². The van der Waals surface area contributed by atoms with Gasteiger partial charge >= 0.3 is 6.18 Å². The van der Waals surface area contributed by atoms with Gasteiger partial charge in [-0.15, -0.1) is 0 Å². The number of alkyl halides is 3. The summed E-state index contributed by atoms with van der Waals surface area (Å²) < 4.78 is 40.3. The zero-order valence-corrected chi connectivity index (χ0v) is 10.6. The summed E-state index contributed by atoms with van der Waals surface area (Å²) in [6.45, 7) is 0. The molecule has 1 fully saturated rings. The lowest BCUT2D eigenvalue weighted by Gasteiger charge is -2.26. The SMILES string of the molecule is Nc1ncc(-c2cn(C3CCC3)cn2)cc1C(F)(F)F. The molecule has 4 nitrogen and oxygen atoms in total. The maximum atomic E-state index is 12.8. The number of nitrogens with two attached hydrogens (primary N) is 1. The molecule has 2 aromatic rings. The van der Waals surface area contributed by atoms with Gasteiger partial charge in [0.15, 0.2) is 0 Å². The van der Waals surface area contributed by atoms with E-state index < -0.39 is 17.6 Å². The number of rotatable bonds is 2. The molecule has 1 saturated carbocycles. The van der Waals surface area contributed by atoms with E-state index in [1.165, 1.54) is 12.6 Å². The average molecular weight is 282 g/mol. The van der Waals surface area contributed by atoms with E-state index in [0.29, 0.717) is 17.3 Å². The van der Waals surface area contributed by atoms with Gasteiger partial charge in [0.1, 0.15) is 5.82 Å². The molecule has 2 heterocycles. The van der Waals surface area contributed by atoms with Gasteiger partial charge in [-0.3, -0.25) is 0 Å². The van der Waals surface area contributed by atoms with Crippen molar-refractivity contribution in [3.63, 3.8) is 0 Å². The quantitative estimate of drug-likeness (QED) is 0.919. The topological polar surface area (TPSA) is 56.7 Å². The Hall–Kier alpha value is -2.05. The van der Waals surface area contributed by atoms with Crippen molar-refractivity contribution in [2.75, 3.05) is 5.73 Å². The predicted octanol–water partition coefficient (Wildman–Crippen LogP) is 3.27. The van der Waals surface area contributed by atoms with Gasteiger partial charge in [-0.25, -0.2) is 9.97 Å². The predicted molar refractivity (Wildman–Crippen MR) is 67.8 cm³/mol. The van der Waals surface area contributed by atoms with Gasteiger partial charge < -0.3 is 10.3 Å². The highest BCUT2D eigenvalue weighted by Crippen LogP contribution is 2.36. The Morgan fingerprint density at radius 1 is 1.25 bits per heavy atom. The molecular formula is C13H13F3N4. The molecule has 0 bridgehead atoms. The molecule has 0 aromatic carbocycles. The molecule has 7 heteroatoms. The third-order valence-corrected chi connectivity index (χ3v) is 3.62. The van der Waals surface area contributed by atoms with E-state index in [1.807, 2.05) is 4.57 Å². The van der Waals surface area contributed by atoms with Crippen LogP contribution in [0.3, 0.4) is 0 Å². The maximum absolute atomic E-state index is 12.8. The normalized spacial score (nSPS) is 16.1. The van der Waals surface area contributed by atoms with Crippen LogP contribution < -0.4 is 5.73 Å². The summed E-state index contributed by atoms with van der Waals surface area (Å²) in [6, 6.07) is 1.41. The Morgan fingerprint density at radius 3 is 2.60 bits per heavy atom. The van der Waals surface area contributed by atoms with Crippen molar-refractivity contribution in [3.8, 4) is 11.3 Å². The fraction of sp³-hybridized carbons (Fsp3) is 0.385. The second-order valence-corrected chi connectivity index (χ2v) is 4.95. The lowest BCUT2D eigenvalue weighted by Crippen LogP contribution is -2.15. The lowest BCUT2D eigenvalue weighted by atomic mass is 9.93. The van der Waals surface area contributed by atoms with Crippen LogP contribution in [-0.2, 0) is 6.18 Å². The van der Waals surface area contributed by atoms with Crippen molar-refractivity contribution in [1.82, 2.24) is 14.5 Å². The fourth-order valence-electron chi connectivity index (χ4n) is 2.21. The molecule has 106 valence electrons. The van der Waals surface area contributed by atoms with Crippen LogP contribution in [-0.4, -0.2) is 14.5 Å². The van der Waals surface area contributed by atoms with Crippen LogP contribution in [0.25, 0.3) is 11.3 Å². The Morgan fingerprint density at radius 2 is 2.00 bits per heavy atom. The first kappa shape index (κ1) is 13.0. The number of hydrogen-bond donors (Lipinski definition) is 1. The zero-order chi connectivity index (χ0) is 14.3. The third kappa shape index (κ3) is 2.23. The molecule has 0 spiro atoms. The molecule has 20 heavy (non-hydrogen) atoms. The summed E-state index contributed by atoms with van der Waals surface area (Å²) in [7, 11) is 0. The second-order valence-electron chi connectivity index (χ2n) is 4.95. The Bertz CT molecular complexity index is 629. The van der Waals surface area contributed by atoms with E-state index in [9.17, 15) is 13.2 Å². The summed E-state index contributed by atoms with van der Waals surface area (Å²) in [5.74, 6) is -0.514. The molecule has 0 aliphatic heterocycles. The minimum Gasteiger partial charge on any atom is -0.383 e. The van der Waals surface area contributed by atoms with E-state index in [1.54, 1.807) is 12.5 Å². The lowest BCUT2D eigenvalue weighted by molar-refractivity contribution is -0.137. The molecule has 0 amide bonds. The van der Waals surface area contributed by atoms with Gasteiger partial charge in [0.2, 0.25) is 0 Å². The van der Waals surface area contributed by atoms with Gasteiger partial charge in [-0.05, 0) is 25.3 Å². The van der Waals surface area contributed by atoms with Gasteiger partial charge in [0.05, 0.1) is 17.6 Å². The van der Waals surface area contributed by atoms with Crippen molar-refractivity contribution in [3.05, 3.63) is 30.4 Å². The van der Waals surface area contributed by atoms with E-state index in [2.05, 4.69) is 9.97 Å². The zero-order valence-electron chi connectivity index (χ0n) is 10.6. The van der Waals surface area contributed by atoms with E-state index in [0.717, 1.165) is 18.9 Å². The van der Waals surface area contributed by atoms with Crippen LogP contribution in [0.15, 0.2) is 24.8 Å². The van der Waals surface area contributed by atoms with Crippen molar-refractivity contribution in [2.24, 2.45) is 0 Å². The van der Waals surface area contributed by atoms with Crippen molar-refractivity contribution in [2.45, 2.75) is 31.5 Å². The van der Waals surface area contributed by atoms with E-state index in [-0.39, 0.29) is 0 Å². The standard InChI is InChI=1S/C13H13F3N4/c14-13(15,16)10-4-8(5-18-12(10)17)11-6-20(7-19-11)9-2-1-3-9/h4-7,9H,1-3H2,(H2,17,18). The number of hydrogen-bond acceptors (Lipinski definition) is 3. The Labute approximate surface area is 113 Å². The van der Waals surface area contributed by atoms with E-state index >= 15 is 0 Å². The van der Waals surface area contributed by atoms with Crippen LogP contribution in [0.1, 0.15) is 30.9 Å². The average Bonchev–Trinajstić information content (AvgIpc) is 2.75. The van der Waals surface area contributed by atoms with Crippen molar-refractivity contribution >= 4 is 5.82 Å². The molecule has 3 rings (SSSR count). The highest BCUT2D eigenvalue weighted by Gasteiger charge is 2.34. The monoisotopic (exact) mass is 282 g/mol. The first-order valence-corrected chi connectivity index (χ1v) is 6.32. The van der Waals surface area contributed by atoms with Gasteiger partial charge in [-0.2, -0.15) is 13.2 Å². The van der Waals surface area contributed by atoms with Gasteiger partial charge in [0, 0.05) is 24.0 Å². The summed E-state index contributed by atoms with van der Waals surface area (Å²) in [5.41, 5.74) is 5.16. The molecule has 0 atom stereocenters. The van der Waals surface area contributed by atoms with Crippen molar-refractivity contribution < 1.29 is 13.2 Å². The van der Waals surface area contributed by atoms with Crippen molar-refractivity contribution in [1.29, 1.82) is 0 Å². The fourth-order valence-corrected chi connectivity index (χ4v) is 2.21. The summed E-state index contributed by atoms with van der Waals surface area (Å²) in [6.07, 6.45) is 3.58. The maximum Gasteiger partial charge on any atom is 0.419 e. The molecule has 2 aromatic heterocycles. The molecule has 2 N–H and O–H groups in total. The molecule has 0 unspecified atom stereocenters. The first-order valence-electron chi connectivity index (χ1n) is 6.32. The number of nitrogens with zero attached hydrogens (tertiary/aromatic N) is 3. The van der Waals surface area contributed by atoms with Crippen LogP contribution >= 0.6 is 0 Å². The number of imidazole rings is 1. The molecule has 0 radical (unpaired) electrons. The highest BCUT2D eigenvalue weighted by atomic mass is 19.4. The van der Waals surface area contributed by atoms with Crippen LogP contribution in [0.4, 0.5) is 19.0 Å². The van der Waals surface area contributed by atoms with Crippen LogP contribution in [0.2, 0.25) is 0 Å². The minimum atomic E-state index is -4.51. The number of anilines is 1. The second kappa shape index (κ2) is 4.50. The molecule has 1 aliphatic carbocycles. The third-order valence-electron chi connectivity index (χ3n) is 3.62. The molecule has 1 aliphatic rings. The van der Waals surface area contributed by atoms with Crippen LogP contribution in [0, 0.1) is 0 Å². The van der Waals surface area contributed by atoms with Crippen LogP contribution in [0.5, 0.6) is 0 Å². The largest absolute Gasteiger partial charge is 0.419 e. The summed E-state index contributed by atoms with van der Waals surface area (Å²) in [5, 5.41) is 0. The first-order chi connectivity index (χ1) is 9.45. The highest BCUT2D eigenvalue weighted by molar-refractivity contribution is 5.61. The minimum absolute atomic E-state index is 0.324. The Kier molecular flexibility index (Phi) is 2.92. The molecule has 0 saturated heterocycles. The number of aromatic nitrogens is 3. The number of nitrogen functional groups attached to an aromatic ring is 1.